The summed E-state index contributed by atoms with van der Waals surface area (Å²) >= 11 is 0. The van der Waals surface area contributed by atoms with E-state index in [2.05, 4.69) is 10.6 Å². The lowest BCUT2D eigenvalue weighted by Crippen LogP contribution is -2.45. The number of furan rings is 1. The third-order valence-corrected chi connectivity index (χ3v) is 6.00. The molecule has 1 fully saturated rings. The fraction of sp³-hybridized carbons (Fsp3) is 0.522. The van der Waals surface area contributed by atoms with E-state index in [4.69, 9.17) is 4.42 Å². The lowest BCUT2D eigenvalue weighted by atomic mass is 9.85. The number of amides is 2. The van der Waals surface area contributed by atoms with Crippen molar-refractivity contribution in [3.63, 3.8) is 0 Å². The Bertz CT molecular complexity index is 958. The van der Waals surface area contributed by atoms with Gasteiger partial charge in [-0.3, -0.25) is 14.4 Å². The van der Waals surface area contributed by atoms with Gasteiger partial charge in [0.05, 0.1) is 18.4 Å². The molecule has 1 unspecified atom stereocenters. The zero-order valence-corrected chi connectivity index (χ0v) is 18.1. The van der Waals surface area contributed by atoms with Crippen LogP contribution in [0.2, 0.25) is 0 Å². The maximum atomic E-state index is 13.0. The van der Waals surface area contributed by atoms with Gasteiger partial charge in [-0.25, -0.2) is 0 Å². The van der Waals surface area contributed by atoms with Gasteiger partial charge >= 0.3 is 0 Å². The highest BCUT2D eigenvalue weighted by atomic mass is 16.3. The van der Waals surface area contributed by atoms with E-state index in [-0.39, 0.29) is 30.3 Å². The Balaban J connectivity index is 1.82. The van der Waals surface area contributed by atoms with Crippen LogP contribution in [-0.2, 0) is 6.54 Å². The summed E-state index contributed by atoms with van der Waals surface area (Å²) in [5.74, 6) is -0.592. The SMILES string of the molecule is CCC(C)n1cc(C(=O)NCc2ccco2)c(=O)c(C(=O)NCC2(O)CCCCC2)c1. The van der Waals surface area contributed by atoms with E-state index in [1.54, 1.807) is 16.7 Å². The number of carbonyl (C=O) groups excluding carboxylic acids is 2. The number of hydrogen-bond donors (Lipinski definition) is 3. The molecule has 0 saturated heterocycles. The number of hydrogen-bond acceptors (Lipinski definition) is 5. The molecule has 3 N–H and O–H groups in total. The van der Waals surface area contributed by atoms with E-state index < -0.39 is 22.8 Å². The second-order valence-electron chi connectivity index (χ2n) is 8.35. The lowest BCUT2D eigenvalue weighted by Gasteiger charge is -2.32. The topological polar surface area (TPSA) is 114 Å². The van der Waals surface area contributed by atoms with Crippen LogP contribution in [0.4, 0.5) is 0 Å². The fourth-order valence-electron chi connectivity index (χ4n) is 3.79. The Kier molecular flexibility index (Phi) is 7.33. The van der Waals surface area contributed by atoms with Crippen molar-refractivity contribution in [3.05, 3.63) is 57.9 Å². The predicted molar refractivity (Wildman–Crippen MR) is 116 cm³/mol. The zero-order chi connectivity index (χ0) is 22.4. The average molecular weight is 430 g/mol. The third-order valence-electron chi connectivity index (χ3n) is 6.00. The quantitative estimate of drug-likeness (QED) is 0.597. The highest BCUT2D eigenvalue weighted by molar-refractivity contribution is 5.99. The Morgan fingerprint density at radius 1 is 1.16 bits per heavy atom. The maximum Gasteiger partial charge on any atom is 0.257 e. The molecule has 3 rings (SSSR count). The van der Waals surface area contributed by atoms with Gasteiger partial charge in [0.1, 0.15) is 16.9 Å². The van der Waals surface area contributed by atoms with Crippen LogP contribution >= 0.6 is 0 Å². The molecule has 8 nitrogen and oxygen atoms in total. The van der Waals surface area contributed by atoms with Crippen molar-refractivity contribution < 1.29 is 19.1 Å². The maximum absolute atomic E-state index is 13.0. The van der Waals surface area contributed by atoms with E-state index in [1.165, 1.54) is 18.7 Å². The van der Waals surface area contributed by atoms with Crippen LogP contribution < -0.4 is 16.1 Å². The number of aliphatic hydroxyl groups is 1. The summed E-state index contributed by atoms with van der Waals surface area (Å²) < 4.78 is 6.92. The number of rotatable bonds is 8. The summed E-state index contributed by atoms with van der Waals surface area (Å²) in [5.41, 5.74) is -1.78. The molecule has 1 atom stereocenters. The van der Waals surface area contributed by atoms with Crippen LogP contribution in [0.25, 0.3) is 0 Å². The molecule has 1 aliphatic rings. The molecule has 0 radical (unpaired) electrons. The molecule has 8 heteroatoms. The van der Waals surface area contributed by atoms with E-state index in [9.17, 15) is 19.5 Å². The molecule has 31 heavy (non-hydrogen) atoms. The Labute approximate surface area is 181 Å². The Morgan fingerprint density at radius 2 is 1.81 bits per heavy atom. The van der Waals surface area contributed by atoms with Crippen LogP contribution in [0.15, 0.2) is 40.0 Å². The van der Waals surface area contributed by atoms with Gasteiger partial charge in [0.15, 0.2) is 0 Å². The first-order chi connectivity index (χ1) is 14.8. The van der Waals surface area contributed by atoms with Gasteiger partial charge in [0, 0.05) is 25.0 Å². The monoisotopic (exact) mass is 429 g/mol. The summed E-state index contributed by atoms with van der Waals surface area (Å²) in [6, 6.07) is 3.42. The highest BCUT2D eigenvalue weighted by Crippen LogP contribution is 2.27. The van der Waals surface area contributed by atoms with Gasteiger partial charge in [-0.2, -0.15) is 0 Å². The van der Waals surface area contributed by atoms with E-state index in [1.807, 2.05) is 13.8 Å². The molecule has 1 saturated carbocycles. The van der Waals surface area contributed by atoms with E-state index in [0.717, 1.165) is 25.7 Å². The van der Waals surface area contributed by atoms with Crippen LogP contribution in [0.5, 0.6) is 0 Å². The van der Waals surface area contributed by atoms with Gasteiger partial charge in [0.25, 0.3) is 11.8 Å². The van der Waals surface area contributed by atoms with Gasteiger partial charge in [-0.15, -0.1) is 0 Å². The average Bonchev–Trinajstić information content (AvgIpc) is 3.29. The third kappa shape index (κ3) is 5.64. The normalized spacial score (nSPS) is 16.5. The Hall–Kier alpha value is -2.87. The van der Waals surface area contributed by atoms with Crippen molar-refractivity contribution in [2.45, 2.75) is 70.6 Å². The summed E-state index contributed by atoms with van der Waals surface area (Å²) in [7, 11) is 0. The second kappa shape index (κ2) is 9.96. The first-order valence-corrected chi connectivity index (χ1v) is 10.9. The molecule has 2 aromatic rings. The fourth-order valence-corrected chi connectivity index (χ4v) is 3.79. The smallest absolute Gasteiger partial charge is 0.257 e. The van der Waals surface area contributed by atoms with Crippen LogP contribution in [0.1, 0.15) is 84.9 Å². The van der Waals surface area contributed by atoms with Gasteiger partial charge in [0.2, 0.25) is 5.43 Å². The van der Waals surface area contributed by atoms with Crippen molar-refractivity contribution in [1.82, 2.24) is 15.2 Å². The van der Waals surface area contributed by atoms with E-state index in [0.29, 0.717) is 18.6 Å². The summed E-state index contributed by atoms with van der Waals surface area (Å²) in [4.78, 5) is 38.6. The van der Waals surface area contributed by atoms with Gasteiger partial charge in [-0.05, 0) is 38.3 Å². The standard InChI is InChI=1S/C23H31N3O5/c1-3-16(2)26-13-18(21(28)24-12-17-8-7-11-31-17)20(27)19(14-26)22(29)25-15-23(30)9-5-4-6-10-23/h7-8,11,13-14,16,30H,3-6,9-10,12,15H2,1-2H3,(H,24,28)(H,25,29). The minimum absolute atomic E-state index is 0.00805. The molecule has 168 valence electrons. The molecule has 0 spiro atoms. The highest BCUT2D eigenvalue weighted by Gasteiger charge is 2.30. The number of nitrogens with one attached hydrogen (secondary N) is 2. The molecule has 0 bridgehead atoms. The molecule has 2 amide bonds. The van der Waals surface area contributed by atoms with Crippen molar-refractivity contribution in [2.24, 2.45) is 0 Å². The van der Waals surface area contributed by atoms with Crippen molar-refractivity contribution in [1.29, 1.82) is 0 Å². The molecule has 0 aliphatic heterocycles. The van der Waals surface area contributed by atoms with E-state index >= 15 is 0 Å². The van der Waals surface area contributed by atoms with Crippen molar-refractivity contribution >= 4 is 11.8 Å². The van der Waals surface area contributed by atoms with Crippen LogP contribution in [0.3, 0.4) is 0 Å². The van der Waals surface area contributed by atoms with Crippen molar-refractivity contribution in [3.8, 4) is 0 Å². The second-order valence-corrected chi connectivity index (χ2v) is 8.35. The lowest BCUT2D eigenvalue weighted by molar-refractivity contribution is 0.00523. The summed E-state index contributed by atoms with van der Waals surface area (Å²) in [5, 5.41) is 16.0. The van der Waals surface area contributed by atoms with Crippen molar-refractivity contribution in [2.75, 3.05) is 6.54 Å². The molecule has 2 aromatic heterocycles. The molecular formula is C23H31N3O5. The molecule has 1 aliphatic carbocycles. The zero-order valence-electron chi connectivity index (χ0n) is 18.1. The predicted octanol–water partition coefficient (Wildman–Crippen LogP) is 2.77. The minimum atomic E-state index is -0.943. The first kappa shape index (κ1) is 22.8. The molecule has 2 heterocycles. The van der Waals surface area contributed by atoms with Gasteiger partial charge in [-0.1, -0.05) is 26.2 Å². The van der Waals surface area contributed by atoms with Crippen LogP contribution in [0, 0.1) is 0 Å². The largest absolute Gasteiger partial charge is 0.467 e. The number of nitrogens with zero attached hydrogens (tertiary/aromatic N) is 1. The Morgan fingerprint density at radius 3 is 2.39 bits per heavy atom. The molecular weight excluding hydrogens is 398 g/mol. The first-order valence-electron chi connectivity index (χ1n) is 10.9. The number of carbonyl (C=O) groups is 2. The number of aromatic nitrogens is 1. The summed E-state index contributed by atoms with van der Waals surface area (Å²) in [6.45, 7) is 4.15. The number of pyridine rings is 1. The van der Waals surface area contributed by atoms with Crippen LogP contribution in [-0.4, -0.2) is 33.6 Å². The van der Waals surface area contributed by atoms with Gasteiger partial charge < -0.3 is 24.7 Å². The molecule has 0 aromatic carbocycles. The summed E-state index contributed by atoms with van der Waals surface area (Å²) in [6.07, 6.45) is 9.39. The minimum Gasteiger partial charge on any atom is -0.467 e.